The summed E-state index contributed by atoms with van der Waals surface area (Å²) in [5.41, 5.74) is 0. The van der Waals surface area contributed by atoms with Crippen LogP contribution in [0.5, 0.6) is 0 Å². The van der Waals surface area contributed by atoms with E-state index in [9.17, 15) is 0 Å². The molecule has 2 radical (unpaired) electrons. The van der Waals surface area contributed by atoms with E-state index in [-0.39, 0.29) is 0 Å². The van der Waals surface area contributed by atoms with Gasteiger partial charge in [-0.25, -0.2) is 0 Å². The Morgan fingerprint density at radius 1 is 1.15 bits per heavy atom. The topological polar surface area (TPSA) is 29.0 Å². The molecule has 0 aromatic carbocycles. The van der Waals surface area contributed by atoms with Crippen molar-refractivity contribution in [1.82, 2.24) is 13.1 Å². The molecule has 0 N–H and O–H groups in total. The molecule has 1 aliphatic heterocycles. The van der Waals surface area contributed by atoms with Crippen molar-refractivity contribution in [1.29, 1.82) is 0 Å². The molecule has 1 aromatic rings. The maximum atomic E-state index is 4.34. The Kier molecular flexibility index (Phi) is 3.55. The third-order valence-electron chi connectivity index (χ3n) is 2.19. The van der Waals surface area contributed by atoms with Crippen LogP contribution in [0.4, 0.5) is 0 Å². The molecule has 1 saturated heterocycles. The normalized spacial score (nSPS) is 18.8. The average molecular weight is 282 g/mol. The van der Waals surface area contributed by atoms with E-state index >= 15 is 0 Å². The van der Waals surface area contributed by atoms with Crippen LogP contribution in [0.1, 0.15) is 19.3 Å². The molecule has 1 fully saturated rings. The van der Waals surface area contributed by atoms with E-state index in [1.54, 1.807) is 12.4 Å². The first kappa shape index (κ1) is 9.40. The molecule has 4 heteroatoms. The van der Waals surface area contributed by atoms with Gasteiger partial charge in [0, 0.05) is 0 Å². The summed E-state index contributed by atoms with van der Waals surface area (Å²) in [4.78, 5) is 8.45. The van der Waals surface area contributed by atoms with Crippen molar-refractivity contribution in [2.45, 2.75) is 19.3 Å². The summed E-state index contributed by atoms with van der Waals surface area (Å²) < 4.78 is 3.88. The molecule has 0 saturated carbocycles. The average Bonchev–Trinajstić information content (AvgIpc) is 2.21. The Labute approximate surface area is 89.1 Å². The first-order valence-corrected chi connectivity index (χ1v) is 7.43. The Morgan fingerprint density at radius 3 is 2.69 bits per heavy atom. The van der Waals surface area contributed by atoms with E-state index in [4.69, 9.17) is 0 Å². The first-order valence-electron chi connectivity index (χ1n) is 4.73. The first-order chi connectivity index (χ1) is 6.45. The molecule has 2 heterocycles. The zero-order valence-electron chi connectivity index (χ0n) is 7.61. The van der Waals surface area contributed by atoms with Crippen molar-refractivity contribution in [2.75, 3.05) is 13.1 Å². The van der Waals surface area contributed by atoms with Crippen molar-refractivity contribution in [3.8, 4) is 0 Å². The molecule has 0 aliphatic carbocycles. The molecule has 0 amide bonds. The van der Waals surface area contributed by atoms with E-state index in [2.05, 4.69) is 13.1 Å². The van der Waals surface area contributed by atoms with Crippen LogP contribution >= 0.6 is 0 Å². The zero-order chi connectivity index (χ0) is 8.93. The molecule has 0 atom stereocenters. The van der Waals surface area contributed by atoms with Gasteiger partial charge in [-0.1, -0.05) is 0 Å². The minimum absolute atomic E-state index is 0.581. The summed E-state index contributed by atoms with van der Waals surface area (Å²) in [6.45, 7) is 2.59. The summed E-state index contributed by atoms with van der Waals surface area (Å²) in [7, 11) is 0. The Balaban J connectivity index is 1.90. The number of nitrogens with zero attached hydrogens (tertiary/aromatic N) is 3. The second kappa shape index (κ2) is 4.91. The second-order valence-corrected chi connectivity index (χ2v) is 7.16. The van der Waals surface area contributed by atoms with Crippen molar-refractivity contribution in [3.63, 3.8) is 0 Å². The molecular weight excluding hydrogens is 269 g/mol. The van der Waals surface area contributed by atoms with Gasteiger partial charge in [-0.05, 0) is 0 Å². The van der Waals surface area contributed by atoms with Gasteiger partial charge in [-0.2, -0.15) is 0 Å². The van der Waals surface area contributed by atoms with Crippen molar-refractivity contribution in [2.24, 2.45) is 0 Å². The molecule has 3 nitrogen and oxygen atoms in total. The number of rotatable bonds is 2. The predicted molar refractivity (Wildman–Crippen MR) is 52.8 cm³/mol. The van der Waals surface area contributed by atoms with Gasteiger partial charge < -0.3 is 0 Å². The van der Waals surface area contributed by atoms with E-state index in [1.165, 1.54) is 36.1 Å². The third kappa shape index (κ3) is 2.91. The van der Waals surface area contributed by atoms with Crippen LogP contribution in [0.15, 0.2) is 18.6 Å². The van der Waals surface area contributed by atoms with Gasteiger partial charge in [-0.15, -0.1) is 0 Å². The number of hydrogen-bond donors (Lipinski definition) is 0. The van der Waals surface area contributed by atoms with Crippen LogP contribution in [0.2, 0.25) is 0 Å². The standard InChI is InChI=1S/C5H10N.C4H3N2.Sn/c1-2-4-6-5-3-1;1-2-6-4-3-5-1;/h1-5H2;1-3H;/q-1;;+1. The minimum atomic E-state index is -0.581. The fourth-order valence-corrected chi connectivity index (χ4v) is 4.75. The second-order valence-electron chi connectivity index (χ2n) is 3.25. The molecule has 13 heavy (non-hydrogen) atoms. The van der Waals surface area contributed by atoms with Gasteiger partial charge in [0.2, 0.25) is 0 Å². The summed E-state index contributed by atoms with van der Waals surface area (Å²) in [5.74, 6) is 0. The maximum absolute atomic E-state index is 4.34. The van der Waals surface area contributed by atoms with Crippen molar-refractivity contribution >= 4 is 25.1 Å². The van der Waals surface area contributed by atoms with E-state index < -0.39 is 21.4 Å². The molecule has 1 aromatic heterocycles. The fraction of sp³-hybridized carbons (Fsp3) is 0.556. The van der Waals surface area contributed by atoms with E-state index in [0.29, 0.717) is 0 Å². The molecule has 2 rings (SSSR count). The van der Waals surface area contributed by atoms with Gasteiger partial charge in [-0.3, -0.25) is 0 Å². The third-order valence-corrected chi connectivity index (χ3v) is 5.76. The number of aromatic nitrogens is 2. The van der Waals surface area contributed by atoms with Gasteiger partial charge in [0.05, 0.1) is 0 Å². The predicted octanol–water partition coefficient (Wildman–Crippen LogP) is 0.207. The van der Waals surface area contributed by atoms with Crippen LogP contribution in [0.25, 0.3) is 0 Å². The van der Waals surface area contributed by atoms with Crippen molar-refractivity contribution in [3.05, 3.63) is 18.6 Å². The van der Waals surface area contributed by atoms with Crippen LogP contribution in [-0.2, 0) is 0 Å². The van der Waals surface area contributed by atoms with Gasteiger partial charge in [0.15, 0.2) is 0 Å². The molecule has 1 aliphatic rings. The van der Waals surface area contributed by atoms with E-state index in [0.717, 1.165) is 0 Å². The molecule has 0 spiro atoms. The summed E-state index contributed by atoms with van der Waals surface area (Å²) in [6, 6.07) is 0. The SMILES string of the molecule is c1cn[c]([Sn][N]2CCCCC2)cn1. The molecular formula is C9H13N3Sn. The van der Waals surface area contributed by atoms with Crippen LogP contribution < -0.4 is 3.71 Å². The van der Waals surface area contributed by atoms with Gasteiger partial charge in [0.25, 0.3) is 0 Å². The monoisotopic (exact) mass is 283 g/mol. The Morgan fingerprint density at radius 2 is 2.00 bits per heavy atom. The van der Waals surface area contributed by atoms with Crippen LogP contribution in [0.3, 0.4) is 0 Å². The number of hydrogen-bond acceptors (Lipinski definition) is 3. The molecule has 0 bridgehead atoms. The van der Waals surface area contributed by atoms with Gasteiger partial charge in [0.1, 0.15) is 0 Å². The van der Waals surface area contributed by atoms with Crippen LogP contribution in [0, 0.1) is 0 Å². The number of piperidine rings is 1. The quantitative estimate of drug-likeness (QED) is 0.726. The summed E-state index contributed by atoms with van der Waals surface area (Å²) in [6.07, 6.45) is 9.65. The van der Waals surface area contributed by atoms with Crippen LogP contribution in [-0.4, -0.2) is 47.6 Å². The zero-order valence-corrected chi connectivity index (χ0v) is 10.5. The molecule has 0 unspecified atom stereocenters. The molecule has 68 valence electrons. The fourth-order valence-electron chi connectivity index (χ4n) is 1.52. The Bertz CT molecular complexity index is 246. The Hall–Kier alpha value is -0.161. The van der Waals surface area contributed by atoms with Crippen molar-refractivity contribution < 1.29 is 0 Å². The van der Waals surface area contributed by atoms with E-state index in [1.807, 2.05) is 6.20 Å². The summed E-state index contributed by atoms with van der Waals surface area (Å²) in [5, 5.41) is 0. The summed E-state index contributed by atoms with van der Waals surface area (Å²) >= 11 is -0.581. The van der Waals surface area contributed by atoms with Gasteiger partial charge >= 0.3 is 89.2 Å².